The Balaban J connectivity index is 1.26. The maximum Gasteiger partial charge on any atom is 0.265 e. The van der Waals surface area contributed by atoms with Gasteiger partial charge < -0.3 is 11.1 Å². The van der Waals surface area contributed by atoms with Crippen LogP contribution in [0.25, 0.3) is 32.2 Å². The predicted molar refractivity (Wildman–Crippen MR) is 153 cm³/mol. The van der Waals surface area contributed by atoms with Crippen LogP contribution in [0.4, 0.5) is 20.4 Å². The van der Waals surface area contributed by atoms with E-state index in [9.17, 15) is 18.8 Å². The zero-order valence-electron chi connectivity index (χ0n) is 21.3. The second-order valence-electron chi connectivity index (χ2n) is 9.21. The minimum Gasteiger partial charge on any atom is -0.383 e. The van der Waals surface area contributed by atoms with Crippen molar-refractivity contribution in [2.45, 2.75) is 19.5 Å². The number of aromatic nitrogens is 5. The molecule has 41 heavy (non-hydrogen) atoms. The number of thiophene rings is 1. The molecular weight excluding hydrogens is 546 g/mol. The van der Waals surface area contributed by atoms with Crippen LogP contribution in [0.3, 0.4) is 0 Å². The Labute approximate surface area is 235 Å². The van der Waals surface area contributed by atoms with Crippen molar-refractivity contribution in [3.63, 3.8) is 0 Å². The summed E-state index contributed by atoms with van der Waals surface area (Å²) < 4.78 is 28.3. The summed E-state index contributed by atoms with van der Waals surface area (Å²) in [5.74, 6) is -1.17. The second-order valence-corrected chi connectivity index (χ2v) is 10.4. The lowest BCUT2D eigenvalue weighted by atomic mass is 10.1. The highest BCUT2D eigenvalue weighted by Gasteiger charge is 2.16. The van der Waals surface area contributed by atoms with Crippen molar-refractivity contribution in [2.24, 2.45) is 0 Å². The smallest absolute Gasteiger partial charge is 0.265 e. The lowest BCUT2D eigenvalue weighted by molar-refractivity contribution is 0.506. The number of aryl methyl sites for hydroxylation is 2. The number of nitrogen functional groups attached to an aromatic ring is 1. The first-order chi connectivity index (χ1) is 19.9. The molecule has 9 nitrogen and oxygen atoms in total. The van der Waals surface area contributed by atoms with Gasteiger partial charge in [0, 0.05) is 27.9 Å². The first kappa shape index (κ1) is 26.0. The van der Waals surface area contributed by atoms with Gasteiger partial charge in [-0.2, -0.15) is 5.26 Å². The van der Waals surface area contributed by atoms with Gasteiger partial charge in [-0.3, -0.25) is 9.36 Å². The van der Waals surface area contributed by atoms with Crippen LogP contribution in [0.15, 0.2) is 72.2 Å². The molecule has 0 spiro atoms. The van der Waals surface area contributed by atoms with Crippen LogP contribution >= 0.6 is 11.3 Å². The molecule has 0 saturated heterocycles. The van der Waals surface area contributed by atoms with E-state index in [2.05, 4.69) is 25.3 Å². The third-order valence-corrected chi connectivity index (χ3v) is 7.77. The summed E-state index contributed by atoms with van der Waals surface area (Å²) in [6.45, 7) is 0.555. The number of pyridine rings is 1. The molecule has 0 aliphatic heterocycles. The first-order valence-corrected chi connectivity index (χ1v) is 13.3. The number of fused-ring (bicyclic) bond motifs is 2. The second kappa shape index (κ2) is 10.7. The van der Waals surface area contributed by atoms with Crippen molar-refractivity contribution in [2.75, 3.05) is 11.1 Å². The summed E-state index contributed by atoms with van der Waals surface area (Å²) in [5, 5.41) is 13.7. The molecule has 0 aliphatic rings. The maximum absolute atomic E-state index is 13.6. The summed E-state index contributed by atoms with van der Waals surface area (Å²) in [4.78, 5) is 32.5. The summed E-state index contributed by atoms with van der Waals surface area (Å²) in [6, 6.07) is 15.5. The van der Waals surface area contributed by atoms with Crippen LogP contribution in [0, 0.1) is 23.0 Å². The fourth-order valence-electron chi connectivity index (χ4n) is 4.51. The molecule has 0 atom stereocenters. The van der Waals surface area contributed by atoms with Gasteiger partial charge in [0.25, 0.3) is 5.56 Å². The molecule has 12 heteroatoms. The number of hydrogen-bond donors (Lipinski definition) is 2. The van der Waals surface area contributed by atoms with Gasteiger partial charge >= 0.3 is 0 Å². The Morgan fingerprint density at radius 1 is 1.02 bits per heavy atom. The Morgan fingerprint density at radius 2 is 1.90 bits per heavy atom. The average Bonchev–Trinajstić information content (AvgIpc) is 3.46. The van der Waals surface area contributed by atoms with Crippen LogP contribution in [-0.4, -0.2) is 24.5 Å². The van der Waals surface area contributed by atoms with Crippen molar-refractivity contribution in [1.82, 2.24) is 24.5 Å². The third-order valence-electron chi connectivity index (χ3n) is 6.64. The molecular formula is C29H20F2N8OS. The molecule has 0 fully saturated rings. The minimum atomic E-state index is -0.948. The molecule has 0 aliphatic carbocycles. The number of anilines is 2. The third kappa shape index (κ3) is 5.06. The van der Waals surface area contributed by atoms with E-state index in [-0.39, 0.29) is 29.4 Å². The van der Waals surface area contributed by atoms with Crippen molar-refractivity contribution in [3.8, 4) is 16.5 Å². The summed E-state index contributed by atoms with van der Waals surface area (Å²) in [5.41, 5.74) is 8.32. The van der Waals surface area contributed by atoms with Crippen LogP contribution in [0.2, 0.25) is 0 Å². The largest absolute Gasteiger partial charge is 0.383 e. The van der Waals surface area contributed by atoms with E-state index < -0.39 is 17.2 Å². The van der Waals surface area contributed by atoms with Gasteiger partial charge in [-0.1, -0.05) is 12.1 Å². The van der Waals surface area contributed by atoms with E-state index in [1.807, 2.05) is 36.4 Å². The quantitative estimate of drug-likeness (QED) is 0.274. The average molecular weight is 567 g/mol. The van der Waals surface area contributed by atoms with Gasteiger partial charge in [0.1, 0.15) is 34.9 Å². The number of nitrogens with zero attached hydrogens (tertiary/aromatic N) is 6. The van der Waals surface area contributed by atoms with E-state index in [4.69, 9.17) is 5.73 Å². The van der Waals surface area contributed by atoms with E-state index in [1.54, 1.807) is 11.3 Å². The Bertz CT molecular complexity index is 2050. The first-order valence-electron chi connectivity index (χ1n) is 12.5. The normalized spacial score (nSPS) is 11.1. The highest BCUT2D eigenvalue weighted by Crippen LogP contribution is 2.32. The number of halogens is 2. The van der Waals surface area contributed by atoms with Gasteiger partial charge in [0.2, 0.25) is 0 Å². The lowest BCUT2D eigenvalue weighted by Gasteiger charge is -2.11. The van der Waals surface area contributed by atoms with Gasteiger partial charge in [-0.25, -0.2) is 28.7 Å². The highest BCUT2D eigenvalue weighted by atomic mass is 32.1. The number of nitrogens with one attached hydrogen (secondary N) is 1. The van der Waals surface area contributed by atoms with Crippen molar-refractivity contribution in [1.29, 1.82) is 5.26 Å². The molecule has 0 radical (unpaired) electrons. The minimum absolute atomic E-state index is 0.174. The van der Waals surface area contributed by atoms with Crippen LogP contribution < -0.4 is 16.6 Å². The molecule has 3 N–H and O–H groups in total. The molecule has 0 saturated carbocycles. The number of hydrogen-bond acceptors (Lipinski definition) is 9. The van der Waals surface area contributed by atoms with Crippen molar-refractivity contribution in [3.05, 3.63) is 105 Å². The molecule has 2 aromatic carbocycles. The topological polar surface area (TPSA) is 135 Å². The molecule has 0 bridgehead atoms. The van der Waals surface area contributed by atoms with Gasteiger partial charge in [-0.05, 0) is 53.9 Å². The molecule has 6 aromatic rings. The predicted octanol–water partition coefficient (Wildman–Crippen LogP) is 5.05. The van der Waals surface area contributed by atoms with E-state index in [1.165, 1.54) is 29.5 Å². The Kier molecular flexibility index (Phi) is 6.78. The Morgan fingerprint density at radius 3 is 2.73 bits per heavy atom. The van der Waals surface area contributed by atoms with E-state index >= 15 is 0 Å². The fourth-order valence-corrected chi connectivity index (χ4v) is 5.45. The highest BCUT2D eigenvalue weighted by molar-refractivity contribution is 7.15. The lowest BCUT2D eigenvalue weighted by Crippen LogP contribution is -2.23. The number of nitriles is 1. The van der Waals surface area contributed by atoms with Crippen LogP contribution in [0.5, 0.6) is 0 Å². The van der Waals surface area contributed by atoms with E-state index in [0.717, 1.165) is 38.4 Å². The van der Waals surface area contributed by atoms with Crippen molar-refractivity contribution >= 4 is 44.8 Å². The maximum atomic E-state index is 13.6. The zero-order chi connectivity index (χ0) is 28.5. The van der Waals surface area contributed by atoms with E-state index in [0.29, 0.717) is 23.7 Å². The van der Waals surface area contributed by atoms with Crippen molar-refractivity contribution < 1.29 is 8.78 Å². The van der Waals surface area contributed by atoms with Crippen LogP contribution in [-0.2, 0) is 19.5 Å². The Hall–Kier alpha value is -5.28. The SMILES string of the molecule is N#Cc1cnc(NCc2ccc(-c3ccc4ncnc(N)c4c3)s2)c2c(=O)n(CCc3ccc(F)c(F)c3)cnc12. The molecule has 4 aromatic heterocycles. The summed E-state index contributed by atoms with van der Waals surface area (Å²) in [6.07, 6.45) is 4.44. The monoisotopic (exact) mass is 566 g/mol. The number of benzene rings is 2. The van der Waals surface area contributed by atoms with Gasteiger partial charge in [0.05, 0.1) is 24.0 Å². The fraction of sp³-hybridized carbons (Fsp3) is 0.103. The summed E-state index contributed by atoms with van der Waals surface area (Å²) >= 11 is 1.57. The van der Waals surface area contributed by atoms with Gasteiger partial charge in [0.15, 0.2) is 11.6 Å². The molecule has 0 amide bonds. The van der Waals surface area contributed by atoms with Crippen LogP contribution in [0.1, 0.15) is 16.0 Å². The molecule has 4 heterocycles. The number of nitrogens with two attached hydrogens (primary N) is 1. The molecule has 0 unspecified atom stereocenters. The summed E-state index contributed by atoms with van der Waals surface area (Å²) in [7, 11) is 0. The zero-order valence-corrected chi connectivity index (χ0v) is 22.1. The van der Waals surface area contributed by atoms with Gasteiger partial charge in [-0.15, -0.1) is 11.3 Å². The molecule has 202 valence electrons. The molecule has 6 rings (SSSR count). The number of rotatable bonds is 7. The standard InChI is InChI=1S/C29H20F2N8OS/c30-21-4-1-16(9-22(21)31)7-8-39-15-38-26-18(11-32)12-34-28(25(26)29(39)40)35-13-19-3-6-24(41-19)17-2-5-23-20(10-17)27(33)37-14-36-23/h1-6,9-10,12,14-15H,7-8,13H2,(H,34,35)(H2,33,36,37).